The van der Waals surface area contributed by atoms with Crippen LogP contribution in [0, 0.1) is 0 Å². The molecular formula is C43H59N5O8S2. The lowest BCUT2D eigenvalue weighted by Gasteiger charge is -2.43. The van der Waals surface area contributed by atoms with Crippen LogP contribution in [0.2, 0.25) is 0 Å². The van der Waals surface area contributed by atoms with Crippen molar-refractivity contribution in [1.82, 2.24) is 25.4 Å². The minimum atomic E-state index is -1.20. The summed E-state index contributed by atoms with van der Waals surface area (Å²) in [4.78, 5) is 81.7. The molecule has 1 aliphatic heterocycles. The van der Waals surface area contributed by atoms with E-state index in [0.717, 1.165) is 11.1 Å². The molecule has 0 radical (unpaired) electrons. The Kier molecular flexibility index (Phi) is 17.9. The van der Waals surface area contributed by atoms with Gasteiger partial charge >= 0.3 is 12.1 Å². The first-order valence-electron chi connectivity index (χ1n) is 19.7. The molecule has 2 heterocycles. The molecule has 15 heteroatoms. The standard InChI is InChI=1S/C43H55N5O8.2H2S/c1-28(2)55-40(52)36(19-11-12-24-44-42(54)56-29(3)4)46-41(53)43(30-14-7-6-8-15-30)23-20-33(32-16-9-10-18-35(32)43)39(51)48-26-21-31(22-27-48)45-37(49)34-17-13-25-47(5)38(34)50;;/h6-10,13-18,25,28-29,31,33,36H,11-12,19-24,26-27H2,1-5H3,(H,44,54)(H,45,49)(H,46,53);2*1H2/t33-,36-,43+;;/m0../s1. The van der Waals surface area contributed by atoms with E-state index in [1.807, 2.05) is 59.5 Å². The Morgan fingerprint density at radius 1 is 0.828 bits per heavy atom. The average molecular weight is 838 g/mol. The fourth-order valence-electron chi connectivity index (χ4n) is 7.75. The molecule has 0 saturated carbocycles. The van der Waals surface area contributed by atoms with Gasteiger partial charge in [-0.15, -0.1) is 0 Å². The van der Waals surface area contributed by atoms with Crippen molar-refractivity contribution >= 4 is 56.8 Å². The Labute approximate surface area is 354 Å². The Balaban J connectivity index is 0.00000450. The van der Waals surface area contributed by atoms with Crippen molar-refractivity contribution < 1.29 is 33.4 Å². The van der Waals surface area contributed by atoms with Crippen LogP contribution in [0.4, 0.5) is 4.79 Å². The SMILES string of the molecule is CC(C)OC(=O)NCCCC[C@H](NC(=O)[C@@]1(c2ccccc2)CC[C@H](C(=O)N2CCC(NC(=O)c3cccn(C)c3=O)CC2)c2ccccc21)C(=O)OC(C)C.S.S. The number of rotatable bonds is 14. The van der Waals surface area contributed by atoms with Crippen LogP contribution < -0.4 is 21.5 Å². The Hall–Kier alpha value is -4.76. The summed E-state index contributed by atoms with van der Waals surface area (Å²) in [6, 6.07) is 19.1. The van der Waals surface area contributed by atoms with Crippen LogP contribution >= 0.6 is 27.0 Å². The highest BCUT2D eigenvalue weighted by atomic mass is 32.1. The summed E-state index contributed by atoms with van der Waals surface area (Å²) in [5, 5.41) is 8.75. The van der Waals surface area contributed by atoms with Crippen molar-refractivity contribution in [3.8, 4) is 0 Å². The molecule has 0 unspecified atom stereocenters. The lowest BCUT2D eigenvalue weighted by molar-refractivity contribution is -0.152. The number of carbonyl (C=O) groups is 5. The van der Waals surface area contributed by atoms with E-state index in [2.05, 4.69) is 16.0 Å². The molecule has 1 fully saturated rings. The number of nitrogens with zero attached hydrogens (tertiary/aromatic N) is 2. The van der Waals surface area contributed by atoms with Crippen LogP contribution in [0.1, 0.15) is 106 Å². The Bertz CT molecular complexity index is 1930. The lowest BCUT2D eigenvalue weighted by Crippen LogP contribution is -2.54. The number of pyridine rings is 1. The molecule has 58 heavy (non-hydrogen) atoms. The highest BCUT2D eigenvalue weighted by Gasteiger charge is 2.49. The molecule has 3 aromatic rings. The maximum atomic E-state index is 14.9. The first-order chi connectivity index (χ1) is 26.8. The van der Waals surface area contributed by atoms with Crippen LogP contribution in [-0.4, -0.2) is 83.2 Å². The normalized spacial score (nSPS) is 18.1. The number of aryl methyl sites for hydroxylation is 1. The summed E-state index contributed by atoms with van der Waals surface area (Å²) >= 11 is 0. The number of ether oxygens (including phenoxy) is 2. The number of likely N-dealkylation sites (tertiary alicyclic amines) is 1. The van der Waals surface area contributed by atoms with Gasteiger partial charge in [0.25, 0.3) is 11.5 Å². The van der Waals surface area contributed by atoms with Crippen molar-refractivity contribution in [3.63, 3.8) is 0 Å². The Morgan fingerprint density at radius 3 is 2.16 bits per heavy atom. The van der Waals surface area contributed by atoms with Gasteiger partial charge in [-0.3, -0.25) is 19.2 Å². The molecule has 3 atom stereocenters. The molecule has 5 rings (SSSR count). The minimum absolute atomic E-state index is 0. The quantitative estimate of drug-likeness (QED) is 0.152. The number of benzene rings is 2. The fourth-order valence-corrected chi connectivity index (χ4v) is 7.75. The van der Waals surface area contributed by atoms with Crippen molar-refractivity contribution in [2.75, 3.05) is 19.6 Å². The first kappa shape index (κ1) is 47.6. The summed E-state index contributed by atoms with van der Waals surface area (Å²) < 4.78 is 12.1. The second-order valence-electron chi connectivity index (χ2n) is 15.2. The van der Waals surface area contributed by atoms with Gasteiger partial charge in [0.1, 0.15) is 11.6 Å². The van der Waals surface area contributed by atoms with Gasteiger partial charge in [-0.2, -0.15) is 27.0 Å². The molecule has 1 aliphatic carbocycles. The van der Waals surface area contributed by atoms with E-state index in [1.165, 1.54) is 10.6 Å². The summed E-state index contributed by atoms with van der Waals surface area (Å²) in [6.07, 6.45) is 3.64. The van der Waals surface area contributed by atoms with Gasteiger partial charge in [-0.25, -0.2) is 9.59 Å². The number of esters is 1. The smallest absolute Gasteiger partial charge is 0.407 e. The van der Waals surface area contributed by atoms with Gasteiger partial charge in [0.2, 0.25) is 11.8 Å². The van der Waals surface area contributed by atoms with E-state index in [-0.39, 0.29) is 68.2 Å². The number of hydrogen-bond donors (Lipinski definition) is 3. The van der Waals surface area contributed by atoms with E-state index in [9.17, 15) is 28.8 Å². The van der Waals surface area contributed by atoms with E-state index in [4.69, 9.17) is 9.47 Å². The maximum absolute atomic E-state index is 14.9. The summed E-state index contributed by atoms with van der Waals surface area (Å²) in [5.74, 6) is -1.84. The summed E-state index contributed by atoms with van der Waals surface area (Å²) in [5.41, 5.74) is 0.750. The molecular weight excluding hydrogens is 779 g/mol. The van der Waals surface area contributed by atoms with Gasteiger partial charge in [0.05, 0.1) is 23.5 Å². The van der Waals surface area contributed by atoms with Gasteiger partial charge in [-0.05, 0) is 101 Å². The monoisotopic (exact) mass is 837 g/mol. The number of alkyl carbamates (subject to hydrolysis) is 1. The molecule has 1 saturated heterocycles. The largest absolute Gasteiger partial charge is 0.461 e. The third-order valence-corrected chi connectivity index (χ3v) is 10.5. The van der Waals surface area contributed by atoms with E-state index in [0.29, 0.717) is 70.1 Å². The number of aromatic nitrogens is 1. The van der Waals surface area contributed by atoms with Crippen molar-refractivity contribution in [1.29, 1.82) is 0 Å². The molecule has 316 valence electrons. The molecule has 3 N–H and O–H groups in total. The highest BCUT2D eigenvalue weighted by Crippen LogP contribution is 2.48. The second kappa shape index (κ2) is 21.8. The van der Waals surface area contributed by atoms with Crippen LogP contribution in [0.5, 0.6) is 0 Å². The lowest BCUT2D eigenvalue weighted by atomic mass is 9.62. The number of fused-ring (bicyclic) bond motifs is 1. The third-order valence-electron chi connectivity index (χ3n) is 10.5. The van der Waals surface area contributed by atoms with Gasteiger partial charge in [0.15, 0.2) is 0 Å². The maximum Gasteiger partial charge on any atom is 0.407 e. The van der Waals surface area contributed by atoms with Gasteiger partial charge < -0.3 is 34.9 Å². The number of unbranched alkanes of at least 4 members (excludes halogenated alkanes) is 1. The topological polar surface area (TPSA) is 165 Å². The predicted molar refractivity (Wildman–Crippen MR) is 232 cm³/mol. The molecule has 1 aromatic heterocycles. The zero-order chi connectivity index (χ0) is 40.4. The number of piperidine rings is 1. The molecule has 2 aromatic carbocycles. The zero-order valence-electron chi connectivity index (χ0n) is 34.0. The van der Waals surface area contributed by atoms with Crippen molar-refractivity contribution in [3.05, 3.63) is 106 Å². The van der Waals surface area contributed by atoms with E-state index in [1.54, 1.807) is 47.0 Å². The summed E-state index contributed by atoms with van der Waals surface area (Å²) in [7, 11) is 1.60. The minimum Gasteiger partial charge on any atom is -0.461 e. The third kappa shape index (κ3) is 11.5. The van der Waals surface area contributed by atoms with E-state index < -0.39 is 35.3 Å². The van der Waals surface area contributed by atoms with Crippen molar-refractivity contribution in [2.45, 2.75) is 108 Å². The number of nitrogens with one attached hydrogen (secondary N) is 3. The number of carbonyl (C=O) groups excluding carboxylic acids is 5. The molecule has 4 amide bonds. The van der Waals surface area contributed by atoms with E-state index >= 15 is 0 Å². The van der Waals surface area contributed by atoms with Gasteiger partial charge in [-0.1, -0.05) is 54.6 Å². The van der Waals surface area contributed by atoms with Crippen LogP contribution in [-0.2, 0) is 36.3 Å². The molecule has 13 nitrogen and oxygen atoms in total. The van der Waals surface area contributed by atoms with Gasteiger partial charge in [0, 0.05) is 38.9 Å². The second-order valence-corrected chi connectivity index (χ2v) is 15.2. The van der Waals surface area contributed by atoms with Crippen LogP contribution in [0.15, 0.2) is 77.7 Å². The molecule has 0 spiro atoms. The predicted octanol–water partition coefficient (Wildman–Crippen LogP) is 4.94. The summed E-state index contributed by atoms with van der Waals surface area (Å²) in [6.45, 7) is 8.28. The number of amides is 4. The van der Waals surface area contributed by atoms with Crippen molar-refractivity contribution in [2.24, 2.45) is 7.05 Å². The zero-order valence-corrected chi connectivity index (χ0v) is 36.0. The van der Waals surface area contributed by atoms with Crippen LogP contribution in [0.25, 0.3) is 0 Å². The Morgan fingerprint density at radius 2 is 1.48 bits per heavy atom. The van der Waals surface area contributed by atoms with Crippen LogP contribution in [0.3, 0.4) is 0 Å². The number of hydrogen-bond acceptors (Lipinski definition) is 8. The fraction of sp³-hybridized carbons (Fsp3) is 0.488. The first-order valence-corrected chi connectivity index (χ1v) is 19.7. The molecule has 0 bridgehead atoms. The molecule has 2 aliphatic rings. The highest BCUT2D eigenvalue weighted by molar-refractivity contribution is 7.59. The average Bonchev–Trinajstić information content (AvgIpc) is 3.17.